The lowest BCUT2D eigenvalue weighted by Gasteiger charge is -2.34. The number of sulfonamides is 2. The molecule has 0 amide bonds. The van der Waals surface area contributed by atoms with Crippen LogP contribution in [0.1, 0.15) is 33.3 Å². The predicted molar refractivity (Wildman–Crippen MR) is 115 cm³/mol. The Bertz CT molecular complexity index is 922. The van der Waals surface area contributed by atoms with Gasteiger partial charge < -0.3 is 0 Å². The summed E-state index contributed by atoms with van der Waals surface area (Å²) in [6.45, 7) is 5.31. The van der Waals surface area contributed by atoms with Crippen molar-refractivity contribution in [1.29, 1.82) is 0 Å². The molecule has 2 atom stereocenters. The quantitative estimate of drug-likeness (QED) is 0.396. The van der Waals surface area contributed by atoms with E-state index in [0.29, 0.717) is 5.56 Å². The standard InChI is InChI=1S/C19H29F6N3O4S2/c1-13(2)16(26-33(29,30)18(20,21)22)11-28(10-15-8-6-5-7-9-15)12-17(14(3)4)27-34(31,32)19(23,24)25/h5-9,13-14,16-17,26-27H,10-12H2,1-4H3/t16-,17-/m0/s1. The molecule has 1 aromatic carbocycles. The molecule has 0 bridgehead atoms. The molecule has 1 aromatic rings. The fraction of sp³-hybridized carbons (Fsp3) is 0.684. The summed E-state index contributed by atoms with van der Waals surface area (Å²) in [5, 5.41) is 0. The Morgan fingerprint density at radius 1 is 0.735 bits per heavy atom. The monoisotopic (exact) mass is 541 g/mol. The normalized spacial score (nSPS) is 15.8. The minimum absolute atomic E-state index is 0.0226. The molecule has 0 fully saturated rings. The summed E-state index contributed by atoms with van der Waals surface area (Å²) in [6.07, 6.45) is 0. The van der Waals surface area contributed by atoms with Crippen molar-refractivity contribution < 1.29 is 43.2 Å². The van der Waals surface area contributed by atoms with E-state index in [-0.39, 0.29) is 19.6 Å². The topological polar surface area (TPSA) is 95.6 Å². The molecule has 0 unspecified atom stereocenters. The first-order chi connectivity index (χ1) is 15.3. The molecule has 0 aromatic heterocycles. The van der Waals surface area contributed by atoms with Crippen LogP contribution in [0.25, 0.3) is 0 Å². The zero-order valence-electron chi connectivity index (χ0n) is 19.0. The molecule has 0 heterocycles. The van der Waals surface area contributed by atoms with Gasteiger partial charge >= 0.3 is 31.1 Å². The van der Waals surface area contributed by atoms with Crippen LogP contribution < -0.4 is 9.44 Å². The van der Waals surface area contributed by atoms with Gasteiger partial charge in [-0.05, 0) is 17.4 Å². The van der Waals surface area contributed by atoms with E-state index in [0.717, 1.165) is 0 Å². The number of nitrogens with one attached hydrogen (secondary N) is 2. The largest absolute Gasteiger partial charge is 0.511 e. The molecule has 0 aliphatic heterocycles. The highest BCUT2D eigenvalue weighted by Gasteiger charge is 2.48. The highest BCUT2D eigenvalue weighted by molar-refractivity contribution is 7.90. The second kappa shape index (κ2) is 11.5. The van der Waals surface area contributed by atoms with Gasteiger partial charge in [-0.3, -0.25) is 4.90 Å². The maximum atomic E-state index is 12.9. The molecule has 0 spiro atoms. The fourth-order valence-electron chi connectivity index (χ4n) is 2.90. The Morgan fingerprint density at radius 3 is 1.38 bits per heavy atom. The van der Waals surface area contributed by atoms with E-state index in [2.05, 4.69) is 0 Å². The molecule has 0 aliphatic carbocycles. The average Bonchev–Trinajstić information content (AvgIpc) is 2.65. The highest BCUT2D eigenvalue weighted by Crippen LogP contribution is 2.25. The first-order valence-electron chi connectivity index (χ1n) is 10.2. The first kappa shape index (κ1) is 30.6. The van der Waals surface area contributed by atoms with Gasteiger partial charge in [0.15, 0.2) is 0 Å². The van der Waals surface area contributed by atoms with E-state index in [4.69, 9.17) is 0 Å². The van der Waals surface area contributed by atoms with Gasteiger partial charge in [0.2, 0.25) is 0 Å². The van der Waals surface area contributed by atoms with Crippen molar-refractivity contribution in [2.45, 2.75) is 57.3 Å². The molecule has 198 valence electrons. The van der Waals surface area contributed by atoms with Crippen molar-refractivity contribution in [3.8, 4) is 0 Å². The van der Waals surface area contributed by atoms with E-state index in [1.54, 1.807) is 39.8 Å². The van der Waals surface area contributed by atoms with Gasteiger partial charge in [0.25, 0.3) is 0 Å². The zero-order valence-corrected chi connectivity index (χ0v) is 20.6. The summed E-state index contributed by atoms with van der Waals surface area (Å²) in [5.74, 6) is -1.25. The number of hydrogen-bond donors (Lipinski definition) is 2. The lowest BCUT2D eigenvalue weighted by atomic mass is 10.0. The van der Waals surface area contributed by atoms with Crippen LogP contribution in [-0.4, -0.2) is 57.9 Å². The Labute approximate surface area is 196 Å². The highest BCUT2D eigenvalue weighted by atomic mass is 32.2. The van der Waals surface area contributed by atoms with E-state index in [1.165, 1.54) is 32.6 Å². The van der Waals surface area contributed by atoms with Crippen LogP contribution in [0.4, 0.5) is 26.3 Å². The molecule has 2 N–H and O–H groups in total. The molecule has 0 saturated carbocycles. The molecule has 0 radical (unpaired) electrons. The summed E-state index contributed by atoms with van der Waals surface area (Å²) < 4.78 is 127. The van der Waals surface area contributed by atoms with E-state index >= 15 is 0 Å². The van der Waals surface area contributed by atoms with Crippen LogP contribution >= 0.6 is 0 Å². The van der Waals surface area contributed by atoms with Crippen LogP contribution in [0.2, 0.25) is 0 Å². The number of benzene rings is 1. The second-order valence-electron chi connectivity index (χ2n) is 8.51. The number of nitrogens with zero attached hydrogens (tertiary/aromatic N) is 1. The molecule has 34 heavy (non-hydrogen) atoms. The SMILES string of the molecule is CC(C)[C@H](CN(Cc1ccccc1)C[C@H](NS(=O)(=O)C(F)(F)F)C(C)C)NS(=O)(=O)C(F)(F)F. The van der Waals surface area contributed by atoms with E-state index < -0.39 is 55.0 Å². The van der Waals surface area contributed by atoms with Gasteiger partial charge in [-0.25, -0.2) is 26.3 Å². The lowest BCUT2D eigenvalue weighted by molar-refractivity contribution is -0.0457. The van der Waals surface area contributed by atoms with Crippen LogP contribution in [0.3, 0.4) is 0 Å². The molecule has 7 nitrogen and oxygen atoms in total. The third-order valence-corrected chi connectivity index (χ3v) is 7.44. The Hall–Kier alpha value is -1.42. The Morgan fingerprint density at radius 2 is 1.09 bits per heavy atom. The van der Waals surface area contributed by atoms with Crippen LogP contribution in [0.15, 0.2) is 30.3 Å². The number of alkyl halides is 6. The fourth-order valence-corrected chi connectivity index (χ4v) is 4.66. The van der Waals surface area contributed by atoms with E-state index in [1.807, 2.05) is 0 Å². The Kier molecular flexibility index (Phi) is 10.4. The number of hydrogen-bond acceptors (Lipinski definition) is 5. The van der Waals surface area contributed by atoms with Crippen molar-refractivity contribution in [1.82, 2.24) is 14.3 Å². The molecule has 15 heteroatoms. The van der Waals surface area contributed by atoms with Gasteiger partial charge in [-0.15, -0.1) is 0 Å². The molecule has 1 rings (SSSR count). The number of halogens is 6. The smallest absolute Gasteiger partial charge is 0.296 e. The molecular formula is C19H29F6N3O4S2. The third kappa shape index (κ3) is 8.98. The van der Waals surface area contributed by atoms with Gasteiger partial charge in [0.1, 0.15) is 0 Å². The summed E-state index contributed by atoms with van der Waals surface area (Å²) in [7, 11) is -11.4. The van der Waals surface area contributed by atoms with Gasteiger partial charge in [-0.1, -0.05) is 58.0 Å². The molecular weight excluding hydrogens is 512 g/mol. The van der Waals surface area contributed by atoms with Gasteiger partial charge in [0, 0.05) is 31.7 Å². The molecule has 0 aliphatic rings. The van der Waals surface area contributed by atoms with Gasteiger partial charge in [0.05, 0.1) is 0 Å². The van der Waals surface area contributed by atoms with Gasteiger partial charge in [-0.2, -0.15) is 26.3 Å². The van der Waals surface area contributed by atoms with Crippen molar-refractivity contribution in [3.05, 3.63) is 35.9 Å². The van der Waals surface area contributed by atoms with Crippen LogP contribution in [0.5, 0.6) is 0 Å². The second-order valence-corrected chi connectivity index (χ2v) is 11.9. The maximum absolute atomic E-state index is 12.9. The van der Waals surface area contributed by atoms with Crippen molar-refractivity contribution in [2.75, 3.05) is 13.1 Å². The summed E-state index contributed by atoms with van der Waals surface area (Å²) in [6, 6.07) is 5.86. The predicted octanol–water partition coefficient (Wildman–Crippen LogP) is 3.42. The van der Waals surface area contributed by atoms with Crippen molar-refractivity contribution in [2.24, 2.45) is 11.8 Å². The van der Waals surface area contributed by atoms with Crippen molar-refractivity contribution >= 4 is 20.0 Å². The van der Waals surface area contributed by atoms with Crippen LogP contribution in [-0.2, 0) is 26.6 Å². The first-order valence-corrected chi connectivity index (χ1v) is 13.2. The Balaban J connectivity index is 3.27. The summed E-state index contributed by atoms with van der Waals surface area (Å²) >= 11 is 0. The minimum atomic E-state index is -5.69. The average molecular weight is 542 g/mol. The summed E-state index contributed by atoms with van der Waals surface area (Å²) in [4.78, 5) is 1.42. The third-order valence-electron chi connectivity index (χ3n) is 4.99. The van der Waals surface area contributed by atoms with Crippen molar-refractivity contribution in [3.63, 3.8) is 0 Å². The maximum Gasteiger partial charge on any atom is 0.511 e. The van der Waals surface area contributed by atoms with Crippen LogP contribution in [0, 0.1) is 11.8 Å². The number of rotatable bonds is 12. The zero-order chi connectivity index (χ0) is 26.5. The van der Waals surface area contributed by atoms with E-state index in [9.17, 15) is 43.2 Å². The molecule has 0 saturated heterocycles. The summed E-state index contributed by atoms with van der Waals surface area (Å²) in [5.41, 5.74) is -10.5. The lowest BCUT2D eigenvalue weighted by Crippen LogP contribution is -2.54. The minimum Gasteiger partial charge on any atom is -0.296 e.